The largest absolute Gasteiger partial charge is 0.368 e. The Kier molecular flexibility index (Phi) is 6.45. The first-order chi connectivity index (χ1) is 15.0. The summed E-state index contributed by atoms with van der Waals surface area (Å²) in [6, 6.07) is 8.35. The maximum Gasteiger partial charge on any atom is 0.287 e. The molecule has 0 radical (unpaired) electrons. The number of nitrogens with zero attached hydrogens (tertiary/aromatic N) is 4. The molecule has 0 aliphatic carbocycles. The SMILES string of the molecule is O=[N+]([O-])c1ccc(NCCNc2nc3c(c(-c4ccc(Cl)cc4Cl)n2)CNCC3)nc1. The minimum Gasteiger partial charge on any atom is -0.368 e. The van der Waals surface area contributed by atoms with Crippen LogP contribution in [0.5, 0.6) is 0 Å². The van der Waals surface area contributed by atoms with Gasteiger partial charge in [-0.3, -0.25) is 10.1 Å². The average molecular weight is 460 g/mol. The van der Waals surface area contributed by atoms with Gasteiger partial charge in [-0.2, -0.15) is 0 Å². The van der Waals surface area contributed by atoms with Crippen molar-refractivity contribution in [1.82, 2.24) is 20.3 Å². The number of fused-ring (bicyclic) bond motifs is 1. The summed E-state index contributed by atoms with van der Waals surface area (Å²) in [5.74, 6) is 1.07. The second-order valence-electron chi connectivity index (χ2n) is 6.88. The number of pyridine rings is 1. The van der Waals surface area contributed by atoms with Crippen LogP contribution in [0.4, 0.5) is 17.5 Å². The van der Waals surface area contributed by atoms with E-state index in [9.17, 15) is 10.1 Å². The molecule has 31 heavy (non-hydrogen) atoms. The highest BCUT2D eigenvalue weighted by Gasteiger charge is 2.20. The monoisotopic (exact) mass is 459 g/mol. The van der Waals surface area contributed by atoms with E-state index in [1.165, 1.54) is 12.3 Å². The van der Waals surface area contributed by atoms with Gasteiger partial charge >= 0.3 is 0 Å². The molecule has 1 aromatic carbocycles. The predicted molar refractivity (Wildman–Crippen MR) is 121 cm³/mol. The molecule has 0 bridgehead atoms. The third-order valence-corrected chi connectivity index (χ3v) is 5.34. The third kappa shape index (κ3) is 5.01. The van der Waals surface area contributed by atoms with Crippen molar-refractivity contribution in [3.63, 3.8) is 0 Å². The normalized spacial score (nSPS) is 12.8. The van der Waals surface area contributed by atoms with Crippen LogP contribution in [0.2, 0.25) is 10.0 Å². The number of benzene rings is 1. The molecule has 160 valence electrons. The summed E-state index contributed by atoms with van der Waals surface area (Å²) in [6.07, 6.45) is 2.02. The molecule has 11 heteroatoms. The van der Waals surface area contributed by atoms with Crippen molar-refractivity contribution >= 4 is 40.7 Å². The van der Waals surface area contributed by atoms with E-state index < -0.39 is 4.92 Å². The Morgan fingerprint density at radius 1 is 1.13 bits per heavy atom. The lowest BCUT2D eigenvalue weighted by molar-refractivity contribution is -0.385. The number of aromatic nitrogens is 3. The topological polar surface area (TPSA) is 118 Å². The highest BCUT2D eigenvalue weighted by molar-refractivity contribution is 6.36. The summed E-state index contributed by atoms with van der Waals surface area (Å²) in [6.45, 7) is 2.59. The van der Waals surface area contributed by atoms with Crippen molar-refractivity contribution in [2.45, 2.75) is 13.0 Å². The number of rotatable bonds is 7. The maximum atomic E-state index is 10.7. The molecule has 0 spiro atoms. The smallest absolute Gasteiger partial charge is 0.287 e. The van der Waals surface area contributed by atoms with E-state index in [-0.39, 0.29) is 5.69 Å². The fraction of sp³-hybridized carbons (Fsp3) is 0.250. The van der Waals surface area contributed by atoms with Crippen molar-refractivity contribution in [1.29, 1.82) is 0 Å². The van der Waals surface area contributed by atoms with Crippen LogP contribution in [0.1, 0.15) is 11.3 Å². The number of anilines is 2. The molecular formula is C20H19Cl2N7O2. The Labute approximate surface area is 188 Å². The molecule has 0 atom stereocenters. The predicted octanol–water partition coefficient (Wildman–Crippen LogP) is 3.92. The lowest BCUT2D eigenvalue weighted by Gasteiger charge is -2.21. The van der Waals surface area contributed by atoms with Crippen molar-refractivity contribution in [3.8, 4) is 11.3 Å². The summed E-state index contributed by atoms with van der Waals surface area (Å²) < 4.78 is 0. The van der Waals surface area contributed by atoms with Crippen LogP contribution in [0.3, 0.4) is 0 Å². The summed E-state index contributed by atoms with van der Waals surface area (Å²) in [4.78, 5) is 23.6. The van der Waals surface area contributed by atoms with Crippen LogP contribution in [0.15, 0.2) is 36.5 Å². The van der Waals surface area contributed by atoms with Gasteiger partial charge in [-0.05, 0) is 24.3 Å². The van der Waals surface area contributed by atoms with Crippen LogP contribution < -0.4 is 16.0 Å². The van der Waals surface area contributed by atoms with E-state index in [1.54, 1.807) is 18.2 Å². The fourth-order valence-corrected chi connectivity index (χ4v) is 3.79. The number of halogens is 2. The number of hydrogen-bond acceptors (Lipinski definition) is 8. The molecule has 0 unspecified atom stereocenters. The van der Waals surface area contributed by atoms with Crippen LogP contribution in [0.25, 0.3) is 11.3 Å². The van der Waals surface area contributed by atoms with Gasteiger partial charge in [0, 0.05) is 54.8 Å². The minimum atomic E-state index is -0.480. The molecule has 4 rings (SSSR count). The lowest BCUT2D eigenvalue weighted by Crippen LogP contribution is -2.26. The molecule has 9 nitrogen and oxygen atoms in total. The Morgan fingerprint density at radius 3 is 2.71 bits per heavy atom. The highest BCUT2D eigenvalue weighted by atomic mass is 35.5. The summed E-state index contributed by atoms with van der Waals surface area (Å²) >= 11 is 12.5. The highest BCUT2D eigenvalue weighted by Crippen LogP contribution is 2.33. The molecule has 3 aromatic rings. The van der Waals surface area contributed by atoms with Crippen molar-refractivity contribution < 1.29 is 4.92 Å². The van der Waals surface area contributed by atoms with Gasteiger partial charge in [0.1, 0.15) is 12.0 Å². The first kappa shape index (κ1) is 21.2. The van der Waals surface area contributed by atoms with E-state index in [0.717, 1.165) is 35.5 Å². The average Bonchev–Trinajstić information content (AvgIpc) is 2.76. The fourth-order valence-electron chi connectivity index (χ4n) is 3.29. The molecule has 0 saturated carbocycles. The van der Waals surface area contributed by atoms with Gasteiger partial charge in [0.2, 0.25) is 5.95 Å². The lowest BCUT2D eigenvalue weighted by atomic mass is 10.0. The number of hydrogen-bond donors (Lipinski definition) is 3. The summed E-state index contributed by atoms with van der Waals surface area (Å²) in [5, 5.41) is 21.5. The second-order valence-corrected chi connectivity index (χ2v) is 7.73. The number of nitro groups is 1. The molecule has 0 fully saturated rings. The van der Waals surface area contributed by atoms with Gasteiger partial charge < -0.3 is 16.0 Å². The van der Waals surface area contributed by atoms with Gasteiger partial charge in [0.05, 0.1) is 21.3 Å². The van der Waals surface area contributed by atoms with Crippen molar-refractivity contribution in [2.75, 3.05) is 30.3 Å². The van der Waals surface area contributed by atoms with Crippen molar-refractivity contribution in [3.05, 3.63) is 67.9 Å². The van der Waals surface area contributed by atoms with Crippen LogP contribution in [-0.4, -0.2) is 39.5 Å². The van der Waals surface area contributed by atoms with Gasteiger partial charge in [0.15, 0.2) is 0 Å². The summed E-state index contributed by atoms with van der Waals surface area (Å²) in [5.41, 5.74) is 3.57. The Bertz CT molecular complexity index is 1110. The Balaban J connectivity index is 1.48. The van der Waals surface area contributed by atoms with E-state index >= 15 is 0 Å². The molecule has 0 saturated heterocycles. The standard InChI is InChI=1S/C20H19Cl2N7O2/c21-12-1-3-14(16(22)9-12)19-15-11-23-6-5-17(15)27-20(28-19)25-8-7-24-18-4-2-13(10-26-18)29(30)31/h1-4,9-10,23H,5-8,11H2,(H,24,26)(H,25,27,28). The van der Waals surface area contributed by atoms with Gasteiger partial charge in [0.25, 0.3) is 5.69 Å². The Hall–Kier alpha value is -3.01. The molecule has 1 aliphatic heterocycles. The molecular weight excluding hydrogens is 441 g/mol. The first-order valence-electron chi connectivity index (χ1n) is 9.65. The molecule has 3 N–H and O–H groups in total. The first-order valence-corrected chi connectivity index (χ1v) is 10.4. The summed E-state index contributed by atoms with van der Waals surface area (Å²) in [7, 11) is 0. The van der Waals surface area contributed by atoms with Gasteiger partial charge in [-0.15, -0.1) is 0 Å². The zero-order valence-corrected chi connectivity index (χ0v) is 17.9. The van der Waals surface area contributed by atoms with Gasteiger partial charge in [-0.25, -0.2) is 15.0 Å². The molecule has 3 heterocycles. The quantitative estimate of drug-likeness (QED) is 0.276. The zero-order chi connectivity index (χ0) is 21.8. The van der Waals surface area contributed by atoms with Crippen LogP contribution in [-0.2, 0) is 13.0 Å². The van der Waals surface area contributed by atoms with Crippen molar-refractivity contribution in [2.24, 2.45) is 0 Å². The molecule has 2 aromatic heterocycles. The van der Waals surface area contributed by atoms with Gasteiger partial charge in [-0.1, -0.05) is 23.2 Å². The van der Waals surface area contributed by atoms with E-state index in [1.807, 2.05) is 6.07 Å². The van der Waals surface area contributed by atoms with E-state index in [2.05, 4.69) is 25.9 Å². The minimum absolute atomic E-state index is 0.0472. The van der Waals surface area contributed by atoms with E-state index in [0.29, 0.717) is 41.4 Å². The zero-order valence-electron chi connectivity index (χ0n) is 16.4. The van der Waals surface area contributed by atoms with Crippen LogP contribution in [0, 0.1) is 10.1 Å². The van der Waals surface area contributed by atoms with Crippen LogP contribution >= 0.6 is 23.2 Å². The maximum absolute atomic E-state index is 10.7. The van der Waals surface area contributed by atoms with E-state index in [4.69, 9.17) is 28.2 Å². The molecule has 1 aliphatic rings. The number of nitrogens with one attached hydrogen (secondary N) is 3. The Morgan fingerprint density at radius 2 is 1.97 bits per heavy atom. The third-order valence-electron chi connectivity index (χ3n) is 4.79. The second kappa shape index (κ2) is 9.42. The molecule has 0 amide bonds.